The van der Waals surface area contributed by atoms with Crippen molar-refractivity contribution in [2.24, 2.45) is 5.10 Å². The lowest BCUT2D eigenvalue weighted by atomic mass is 10.1. The second-order valence-corrected chi connectivity index (χ2v) is 8.17. The van der Waals surface area contributed by atoms with Crippen LogP contribution in [-0.2, 0) is 6.61 Å². The summed E-state index contributed by atoms with van der Waals surface area (Å²) in [4.78, 5) is 8.95. The molecule has 4 aromatic rings. The molecular formula is C27H23N5O. The van der Waals surface area contributed by atoms with E-state index in [-0.39, 0.29) is 0 Å². The van der Waals surface area contributed by atoms with E-state index in [1.165, 1.54) is 0 Å². The van der Waals surface area contributed by atoms with Crippen LogP contribution < -0.4 is 14.5 Å². The highest BCUT2D eigenvalue weighted by molar-refractivity contribution is 5.88. The summed E-state index contributed by atoms with van der Waals surface area (Å²) in [6.45, 7) is 1.23. The van der Waals surface area contributed by atoms with Crippen LogP contribution in [0.5, 0.6) is 5.75 Å². The van der Waals surface area contributed by atoms with Crippen LogP contribution in [0.1, 0.15) is 5.56 Å². The number of nitrogens with zero attached hydrogens (tertiary/aromatic N) is 5. The summed E-state index contributed by atoms with van der Waals surface area (Å²) in [6.07, 6.45) is 3.69. The summed E-state index contributed by atoms with van der Waals surface area (Å²) < 4.78 is 6.26. The molecule has 1 aromatic heterocycles. The molecule has 0 spiro atoms. The van der Waals surface area contributed by atoms with E-state index in [0.717, 1.165) is 45.3 Å². The number of fused-ring (bicyclic) bond motifs is 2. The lowest BCUT2D eigenvalue weighted by Gasteiger charge is -2.27. The van der Waals surface area contributed by atoms with E-state index >= 15 is 0 Å². The van der Waals surface area contributed by atoms with Crippen LogP contribution in [0.15, 0.2) is 96.2 Å². The fourth-order valence-corrected chi connectivity index (χ4v) is 4.33. The monoisotopic (exact) mass is 433 g/mol. The molecule has 0 aliphatic carbocycles. The molecule has 6 nitrogen and oxygen atoms in total. The fraction of sp³-hybridized carbons (Fsp3) is 0.111. The smallest absolute Gasteiger partial charge is 0.143 e. The van der Waals surface area contributed by atoms with Crippen LogP contribution in [0.4, 0.5) is 22.7 Å². The third-order valence-electron chi connectivity index (χ3n) is 5.94. The molecule has 3 aromatic carbocycles. The Labute approximate surface area is 193 Å². The van der Waals surface area contributed by atoms with E-state index in [0.29, 0.717) is 13.3 Å². The maximum absolute atomic E-state index is 6.26. The van der Waals surface area contributed by atoms with Gasteiger partial charge in [-0.2, -0.15) is 5.10 Å². The Morgan fingerprint density at radius 2 is 1.73 bits per heavy atom. The molecule has 2 aliphatic heterocycles. The van der Waals surface area contributed by atoms with Crippen LogP contribution >= 0.6 is 0 Å². The summed E-state index contributed by atoms with van der Waals surface area (Å²) in [5, 5.41) is 6.27. The fourth-order valence-electron chi connectivity index (χ4n) is 4.33. The number of hydrazone groups is 1. The molecule has 0 bridgehead atoms. The van der Waals surface area contributed by atoms with Gasteiger partial charge in [0.25, 0.3) is 0 Å². The van der Waals surface area contributed by atoms with Crippen molar-refractivity contribution >= 4 is 29.1 Å². The third-order valence-corrected chi connectivity index (χ3v) is 5.94. The highest BCUT2D eigenvalue weighted by atomic mass is 16.5. The van der Waals surface area contributed by atoms with Gasteiger partial charge in [-0.3, -0.25) is 9.99 Å². The van der Waals surface area contributed by atoms with Gasteiger partial charge < -0.3 is 14.5 Å². The highest BCUT2D eigenvalue weighted by Crippen LogP contribution is 2.46. The van der Waals surface area contributed by atoms with E-state index in [1.807, 2.05) is 42.8 Å². The highest BCUT2D eigenvalue weighted by Gasteiger charge is 2.25. The van der Waals surface area contributed by atoms with Crippen molar-refractivity contribution in [3.8, 4) is 17.0 Å². The van der Waals surface area contributed by atoms with Crippen molar-refractivity contribution in [2.45, 2.75) is 6.61 Å². The molecule has 0 N–H and O–H groups in total. The maximum atomic E-state index is 6.26. The van der Waals surface area contributed by atoms with Crippen LogP contribution in [0, 0.1) is 0 Å². The largest absolute Gasteiger partial charge is 0.487 e. The molecule has 2 aliphatic rings. The van der Waals surface area contributed by atoms with Gasteiger partial charge in [0.15, 0.2) is 0 Å². The van der Waals surface area contributed by atoms with Crippen molar-refractivity contribution in [1.29, 1.82) is 0 Å². The minimum atomic E-state index is 0.521. The van der Waals surface area contributed by atoms with Crippen molar-refractivity contribution in [1.82, 2.24) is 9.99 Å². The minimum absolute atomic E-state index is 0.521. The van der Waals surface area contributed by atoms with Crippen molar-refractivity contribution in [2.75, 3.05) is 23.5 Å². The Morgan fingerprint density at radius 3 is 2.58 bits per heavy atom. The van der Waals surface area contributed by atoms with Crippen molar-refractivity contribution in [3.63, 3.8) is 0 Å². The summed E-state index contributed by atoms with van der Waals surface area (Å²) in [5.74, 6) is 0.850. The lowest BCUT2D eigenvalue weighted by molar-refractivity contribution is 0.310. The zero-order valence-corrected chi connectivity index (χ0v) is 18.3. The molecule has 0 amide bonds. The second kappa shape index (κ2) is 7.98. The van der Waals surface area contributed by atoms with Crippen LogP contribution in [0.2, 0.25) is 0 Å². The van der Waals surface area contributed by atoms with Gasteiger partial charge in [-0.05, 0) is 48.5 Å². The number of aromatic nitrogens is 1. The Bertz CT molecular complexity index is 1340. The van der Waals surface area contributed by atoms with Gasteiger partial charge in [-0.1, -0.05) is 36.4 Å². The van der Waals surface area contributed by atoms with Gasteiger partial charge in [-0.15, -0.1) is 0 Å². The Morgan fingerprint density at radius 1 is 0.818 bits per heavy atom. The van der Waals surface area contributed by atoms with E-state index in [1.54, 1.807) is 0 Å². The van der Waals surface area contributed by atoms with Gasteiger partial charge in [0.2, 0.25) is 0 Å². The van der Waals surface area contributed by atoms with E-state index in [2.05, 4.69) is 86.6 Å². The average Bonchev–Trinajstić information content (AvgIpc) is 3.23. The summed E-state index contributed by atoms with van der Waals surface area (Å²) >= 11 is 0. The topological polar surface area (TPSA) is 44.2 Å². The molecule has 33 heavy (non-hydrogen) atoms. The predicted molar refractivity (Wildman–Crippen MR) is 132 cm³/mol. The second-order valence-electron chi connectivity index (χ2n) is 8.17. The molecule has 3 heterocycles. The van der Waals surface area contributed by atoms with Crippen LogP contribution in [0.3, 0.4) is 0 Å². The normalized spacial score (nSPS) is 14.5. The Hall–Kier alpha value is -4.32. The molecular weight excluding hydrogens is 410 g/mol. The number of benzene rings is 3. The number of pyridine rings is 1. The first-order chi connectivity index (χ1) is 16.3. The third kappa shape index (κ3) is 3.55. The van der Waals surface area contributed by atoms with Gasteiger partial charge in [0.05, 0.1) is 17.1 Å². The summed E-state index contributed by atoms with van der Waals surface area (Å²) in [7, 11) is 1.97. The lowest BCUT2D eigenvalue weighted by Crippen LogP contribution is -2.24. The zero-order valence-electron chi connectivity index (χ0n) is 18.3. The number of hydrogen-bond acceptors (Lipinski definition) is 6. The molecule has 162 valence electrons. The first-order valence-corrected chi connectivity index (χ1v) is 10.9. The van der Waals surface area contributed by atoms with E-state index < -0.39 is 0 Å². The van der Waals surface area contributed by atoms with Gasteiger partial charge in [-0.25, -0.2) is 0 Å². The van der Waals surface area contributed by atoms with Crippen molar-refractivity contribution in [3.05, 3.63) is 96.7 Å². The molecule has 0 saturated carbocycles. The van der Waals surface area contributed by atoms with Crippen molar-refractivity contribution < 1.29 is 4.74 Å². The number of hydrogen-bond donors (Lipinski definition) is 0. The van der Waals surface area contributed by atoms with Crippen LogP contribution in [0.25, 0.3) is 11.3 Å². The molecule has 0 atom stereocenters. The van der Waals surface area contributed by atoms with E-state index in [9.17, 15) is 0 Å². The molecule has 6 heteroatoms. The van der Waals surface area contributed by atoms with Gasteiger partial charge >= 0.3 is 0 Å². The molecule has 0 saturated heterocycles. The zero-order chi connectivity index (χ0) is 22.2. The Kier molecular flexibility index (Phi) is 4.69. The predicted octanol–water partition coefficient (Wildman–Crippen LogP) is 5.76. The molecule has 0 unspecified atom stereocenters. The quantitative estimate of drug-likeness (QED) is 0.411. The number of ether oxygens (including phenoxy) is 1. The van der Waals surface area contributed by atoms with Gasteiger partial charge in [0.1, 0.15) is 25.4 Å². The SMILES string of the molecule is CN1CN(c2ccc3c(c2)N(c2cccc(-c4ccccn4)c2)c2ccccc2CO3)C=N1. The maximum Gasteiger partial charge on any atom is 0.143 e. The van der Waals surface area contributed by atoms with E-state index in [4.69, 9.17) is 4.74 Å². The van der Waals surface area contributed by atoms with Crippen LogP contribution in [-0.4, -0.2) is 30.0 Å². The minimum Gasteiger partial charge on any atom is -0.487 e. The standard InChI is InChI=1S/C27H23N5O/c1-30-19-31(18-29-30)22-12-13-27-26(16-22)32(25-11-3-2-7-21(25)17-33-27)23-9-6-8-20(15-23)24-10-4-5-14-28-24/h2-16,18H,17,19H2,1H3. The molecule has 0 radical (unpaired) electrons. The number of rotatable bonds is 3. The summed E-state index contributed by atoms with van der Waals surface area (Å²) in [5.41, 5.74) is 7.39. The number of anilines is 4. The summed E-state index contributed by atoms with van der Waals surface area (Å²) in [6, 6.07) is 29.2. The average molecular weight is 434 g/mol. The first-order valence-electron chi connectivity index (χ1n) is 10.9. The Balaban J connectivity index is 1.52. The first kappa shape index (κ1) is 19.4. The molecule has 0 fully saturated rings. The molecule has 6 rings (SSSR count). The van der Waals surface area contributed by atoms with Gasteiger partial charge in [0, 0.05) is 35.7 Å². The number of para-hydroxylation sites is 1.